The lowest BCUT2D eigenvalue weighted by Crippen LogP contribution is -2.20. The monoisotopic (exact) mass is 273 g/mol. The van der Waals surface area contributed by atoms with Gasteiger partial charge in [-0.2, -0.15) is 0 Å². The number of oxime groups is 1. The van der Waals surface area contributed by atoms with E-state index >= 15 is 0 Å². The second kappa shape index (κ2) is 8.20. The number of ether oxygens (including phenoxy) is 1. The van der Waals surface area contributed by atoms with Gasteiger partial charge >= 0.3 is 0 Å². The summed E-state index contributed by atoms with van der Waals surface area (Å²) in [6, 6.07) is 0. The zero-order chi connectivity index (χ0) is 14.8. The quantitative estimate of drug-likeness (QED) is 0.301. The molecule has 0 aromatic heterocycles. The van der Waals surface area contributed by atoms with Crippen molar-refractivity contribution < 1.29 is 9.57 Å². The van der Waals surface area contributed by atoms with E-state index in [1.54, 1.807) is 12.3 Å². The molecular weight excluding hydrogens is 250 g/mol. The fourth-order valence-electron chi connectivity index (χ4n) is 1.70. The highest BCUT2D eigenvalue weighted by Crippen LogP contribution is 2.27. The van der Waals surface area contributed by atoms with Crippen LogP contribution in [0.5, 0.6) is 0 Å². The van der Waals surface area contributed by atoms with Gasteiger partial charge < -0.3 is 9.57 Å². The van der Waals surface area contributed by atoms with E-state index in [0.717, 1.165) is 17.8 Å². The zero-order valence-electron chi connectivity index (χ0n) is 12.5. The van der Waals surface area contributed by atoms with Crippen LogP contribution in [0.1, 0.15) is 20.3 Å². The largest absolute Gasteiger partial charge is 0.497 e. The van der Waals surface area contributed by atoms with Crippen LogP contribution in [0.3, 0.4) is 0 Å². The third-order valence-electron chi connectivity index (χ3n) is 3.01. The lowest BCUT2D eigenvalue weighted by molar-refractivity contribution is 0.135. The molecule has 0 saturated heterocycles. The molecule has 0 aliphatic heterocycles. The van der Waals surface area contributed by atoms with Gasteiger partial charge in [-0.05, 0) is 25.0 Å². The van der Waals surface area contributed by atoms with Crippen LogP contribution in [0.25, 0.3) is 0 Å². The first-order valence-corrected chi connectivity index (χ1v) is 6.64. The molecule has 1 rings (SSSR count). The van der Waals surface area contributed by atoms with Gasteiger partial charge in [-0.3, -0.25) is 0 Å². The van der Waals surface area contributed by atoms with Crippen molar-refractivity contribution in [3.63, 3.8) is 0 Å². The summed E-state index contributed by atoms with van der Waals surface area (Å²) in [7, 11) is 1.51. The van der Waals surface area contributed by atoms with Crippen LogP contribution in [0.2, 0.25) is 0 Å². The number of nitrogens with zero attached hydrogens (tertiary/aromatic N) is 1. The molecule has 3 heteroatoms. The molecule has 0 spiro atoms. The van der Waals surface area contributed by atoms with E-state index < -0.39 is 0 Å². The van der Waals surface area contributed by atoms with Crippen molar-refractivity contribution >= 4 is 6.21 Å². The van der Waals surface area contributed by atoms with Crippen LogP contribution in [0, 0.1) is 5.41 Å². The van der Waals surface area contributed by atoms with E-state index in [-0.39, 0.29) is 5.41 Å². The van der Waals surface area contributed by atoms with Gasteiger partial charge in [-0.15, -0.1) is 0 Å². The number of hydrogen-bond acceptors (Lipinski definition) is 3. The predicted octanol–water partition coefficient (Wildman–Crippen LogP) is 4.17. The van der Waals surface area contributed by atoms with Crippen LogP contribution in [0.4, 0.5) is 0 Å². The lowest BCUT2D eigenvalue weighted by atomic mass is 9.85. The van der Waals surface area contributed by atoms with E-state index in [9.17, 15) is 0 Å². The molecule has 0 amide bonds. The minimum absolute atomic E-state index is 0.0757. The van der Waals surface area contributed by atoms with Gasteiger partial charge in [-0.25, -0.2) is 0 Å². The molecule has 0 aromatic carbocycles. The number of allylic oxidation sites excluding steroid dienone is 8. The van der Waals surface area contributed by atoms with Crippen LogP contribution >= 0.6 is 0 Å². The molecule has 3 nitrogen and oxygen atoms in total. The summed E-state index contributed by atoms with van der Waals surface area (Å²) in [5, 5.41) is 3.70. The summed E-state index contributed by atoms with van der Waals surface area (Å²) in [6.07, 6.45) is 16.6. The molecular formula is C17H23NO2. The Morgan fingerprint density at radius 1 is 1.40 bits per heavy atom. The highest BCUT2D eigenvalue weighted by atomic mass is 16.6. The first-order valence-electron chi connectivity index (χ1n) is 6.64. The minimum Gasteiger partial charge on any atom is -0.497 e. The number of hydrogen-bond donors (Lipinski definition) is 0. The van der Waals surface area contributed by atoms with Gasteiger partial charge in [0, 0.05) is 5.41 Å². The van der Waals surface area contributed by atoms with Crippen molar-refractivity contribution in [3.8, 4) is 0 Å². The van der Waals surface area contributed by atoms with E-state index in [0.29, 0.717) is 6.61 Å². The van der Waals surface area contributed by atoms with Gasteiger partial charge in [0.25, 0.3) is 0 Å². The fourth-order valence-corrected chi connectivity index (χ4v) is 1.70. The second-order valence-electron chi connectivity index (χ2n) is 5.00. The highest BCUT2D eigenvalue weighted by Gasteiger charge is 2.21. The van der Waals surface area contributed by atoms with Crippen molar-refractivity contribution in [3.05, 3.63) is 60.4 Å². The molecule has 0 heterocycles. The fraction of sp³-hybridized carbons (Fsp3) is 0.353. The molecule has 0 aromatic rings. The van der Waals surface area contributed by atoms with Crippen molar-refractivity contribution in [2.45, 2.75) is 20.3 Å². The van der Waals surface area contributed by atoms with Crippen molar-refractivity contribution in [1.82, 2.24) is 0 Å². The van der Waals surface area contributed by atoms with Crippen LogP contribution in [0.15, 0.2) is 65.6 Å². The average Bonchev–Trinajstić information content (AvgIpc) is 2.46. The summed E-state index contributed by atoms with van der Waals surface area (Å²) in [4.78, 5) is 4.64. The summed E-state index contributed by atoms with van der Waals surface area (Å²) in [6.45, 7) is 8.52. The Kier molecular flexibility index (Phi) is 6.57. The zero-order valence-corrected chi connectivity index (χ0v) is 12.5. The Balaban J connectivity index is 2.55. The Bertz CT molecular complexity index is 469. The van der Waals surface area contributed by atoms with Crippen LogP contribution in [-0.4, -0.2) is 19.9 Å². The molecule has 0 radical (unpaired) electrons. The molecule has 1 unspecified atom stereocenters. The molecule has 108 valence electrons. The SMILES string of the molecule is C=CC(/C=N/OC)=C\C=C(/C)OCC1(C)C=CC=CC1. The van der Waals surface area contributed by atoms with Crippen molar-refractivity contribution in [2.75, 3.05) is 13.7 Å². The van der Waals surface area contributed by atoms with E-state index in [4.69, 9.17) is 4.74 Å². The first-order chi connectivity index (χ1) is 9.59. The van der Waals surface area contributed by atoms with E-state index in [1.807, 2.05) is 19.1 Å². The Morgan fingerprint density at radius 3 is 2.80 bits per heavy atom. The predicted molar refractivity (Wildman–Crippen MR) is 84.5 cm³/mol. The average molecular weight is 273 g/mol. The van der Waals surface area contributed by atoms with E-state index in [2.05, 4.69) is 47.8 Å². The molecule has 1 aliphatic carbocycles. The minimum atomic E-state index is 0.0757. The molecule has 0 saturated carbocycles. The summed E-state index contributed by atoms with van der Waals surface area (Å²) in [5.41, 5.74) is 0.938. The lowest BCUT2D eigenvalue weighted by Gasteiger charge is -2.26. The summed E-state index contributed by atoms with van der Waals surface area (Å²) >= 11 is 0. The van der Waals surface area contributed by atoms with E-state index in [1.165, 1.54) is 7.11 Å². The summed E-state index contributed by atoms with van der Waals surface area (Å²) < 4.78 is 5.81. The normalized spacial score (nSPS) is 23.1. The Morgan fingerprint density at radius 2 is 2.20 bits per heavy atom. The summed E-state index contributed by atoms with van der Waals surface area (Å²) in [5.74, 6) is 0.861. The number of rotatable bonds is 7. The van der Waals surface area contributed by atoms with Crippen molar-refractivity contribution in [2.24, 2.45) is 10.6 Å². The smallest absolute Gasteiger partial charge is 0.106 e. The van der Waals surface area contributed by atoms with Gasteiger partial charge in [0.2, 0.25) is 0 Å². The Hall–Kier alpha value is -2.03. The van der Waals surface area contributed by atoms with Crippen LogP contribution in [-0.2, 0) is 9.57 Å². The third kappa shape index (κ3) is 5.74. The van der Waals surface area contributed by atoms with Gasteiger partial charge in [-0.1, -0.05) is 55.1 Å². The molecule has 1 aliphatic rings. The molecule has 20 heavy (non-hydrogen) atoms. The highest BCUT2D eigenvalue weighted by molar-refractivity contribution is 5.82. The second-order valence-corrected chi connectivity index (χ2v) is 5.00. The maximum absolute atomic E-state index is 5.81. The maximum Gasteiger partial charge on any atom is 0.106 e. The molecule has 0 N–H and O–H groups in total. The van der Waals surface area contributed by atoms with Crippen molar-refractivity contribution in [1.29, 1.82) is 0 Å². The maximum atomic E-state index is 5.81. The molecule has 0 bridgehead atoms. The van der Waals surface area contributed by atoms with Crippen LogP contribution < -0.4 is 0 Å². The topological polar surface area (TPSA) is 30.8 Å². The standard InChI is InChI=1S/C17H23NO2/c1-5-16(13-18-19-4)10-9-15(2)20-14-17(3)11-7-6-8-12-17/h5-11,13H,1,12,14H2,2-4H3/b15-9+,16-10+,18-13+. The van der Waals surface area contributed by atoms with Gasteiger partial charge in [0.1, 0.15) is 7.11 Å². The first kappa shape index (κ1) is 16.0. The Labute approximate surface area is 121 Å². The van der Waals surface area contributed by atoms with Gasteiger partial charge in [0.05, 0.1) is 18.6 Å². The van der Waals surface area contributed by atoms with Gasteiger partial charge in [0.15, 0.2) is 0 Å². The third-order valence-corrected chi connectivity index (χ3v) is 3.01. The molecule has 0 fully saturated rings. The molecule has 1 atom stereocenters.